The minimum absolute atomic E-state index is 0.191. The van der Waals surface area contributed by atoms with Gasteiger partial charge < -0.3 is 10.2 Å². The Morgan fingerprint density at radius 2 is 1.82 bits per heavy atom. The molecule has 0 amide bonds. The Bertz CT molecular complexity index is 672. The number of rotatable bonds is 3. The van der Waals surface area contributed by atoms with Crippen molar-refractivity contribution in [2.45, 2.75) is 25.8 Å². The van der Waals surface area contributed by atoms with E-state index < -0.39 is 11.9 Å². The number of hydrogen-bond donors (Lipinski definition) is 1. The van der Waals surface area contributed by atoms with E-state index in [9.17, 15) is 13.2 Å². The summed E-state index contributed by atoms with van der Waals surface area (Å²) in [7, 11) is 0. The quantitative estimate of drug-likeness (QED) is 0.651. The van der Waals surface area contributed by atoms with Crippen molar-refractivity contribution in [3.05, 3.63) is 53.0 Å². The number of nitrogens with two attached hydrogens (primary N) is 1. The van der Waals surface area contributed by atoms with Crippen molar-refractivity contribution >= 4 is 22.6 Å². The molecule has 0 spiro atoms. The molecular formula is C15H15F3N2OS. The first-order chi connectivity index (χ1) is 10.3. The van der Waals surface area contributed by atoms with Gasteiger partial charge in [-0.3, -0.25) is 0 Å². The van der Waals surface area contributed by atoms with Crippen LogP contribution in [0.3, 0.4) is 0 Å². The van der Waals surface area contributed by atoms with Crippen molar-refractivity contribution in [2.75, 3.05) is 0 Å². The average Bonchev–Trinajstić information content (AvgIpc) is 2.90. The van der Waals surface area contributed by atoms with Crippen LogP contribution in [-0.2, 0) is 11.9 Å². The number of benzene rings is 1. The topological polar surface area (TPSA) is 51.5 Å². The molecule has 0 saturated heterocycles. The Labute approximate surface area is 130 Å². The van der Waals surface area contributed by atoms with E-state index in [2.05, 4.69) is 4.99 Å². The summed E-state index contributed by atoms with van der Waals surface area (Å²) >= 11 is 1.13. The normalized spacial score (nSPS) is 12.7. The first-order valence-electron chi connectivity index (χ1n) is 6.46. The first kappa shape index (κ1) is 16.5. The minimum atomic E-state index is -4.47. The predicted molar refractivity (Wildman–Crippen MR) is 82.2 cm³/mol. The van der Waals surface area contributed by atoms with Gasteiger partial charge in [0.25, 0.3) is 0 Å². The van der Waals surface area contributed by atoms with Crippen molar-refractivity contribution in [1.29, 1.82) is 0 Å². The van der Waals surface area contributed by atoms with E-state index in [1.807, 2.05) is 32.0 Å². The van der Waals surface area contributed by atoms with Gasteiger partial charge in [0, 0.05) is 0 Å². The molecule has 2 rings (SSSR count). The van der Waals surface area contributed by atoms with E-state index in [0.717, 1.165) is 34.6 Å². The highest BCUT2D eigenvalue weighted by Crippen LogP contribution is 2.31. The lowest BCUT2D eigenvalue weighted by atomic mass is 10.1. The highest BCUT2D eigenvalue weighted by atomic mass is 32.2. The standard InChI is InChI=1S/C15H15F3N2OS/c1-9-4-3-5-10(2)13(9)20-14(19)22-8-11-6-7-12(21-11)15(16,17)18/h3-7H,8H2,1-2H3,(H2,19,20). The molecule has 1 aromatic carbocycles. The number of aryl methyl sites for hydroxylation is 2. The van der Waals surface area contributed by atoms with Gasteiger partial charge >= 0.3 is 6.18 Å². The molecule has 22 heavy (non-hydrogen) atoms. The maximum atomic E-state index is 12.4. The zero-order valence-electron chi connectivity index (χ0n) is 12.1. The molecule has 0 bridgehead atoms. The molecule has 7 heteroatoms. The van der Waals surface area contributed by atoms with E-state index in [4.69, 9.17) is 10.2 Å². The summed E-state index contributed by atoms with van der Waals surface area (Å²) in [4.78, 5) is 4.32. The number of aliphatic imine (C=N–C) groups is 1. The highest BCUT2D eigenvalue weighted by Gasteiger charge is 2.34. The number of nitrogens with zero attached hydrogens (tertiary/aromatic N) is 1. The maximum Gasteiger partial charge on any atom is 0.449 e. The van der Waals surface area contributed by atoms with Crippen LogP contribution in [0.1, 0.15) is 22.6 Å². The minimum Gasteiger partial charge on any atom is -0.456 e. The Morgan fingerprint density at radius 1 is 1.18 bits per heavy atom. The van der Waals surface area contributed by atoms with Gasteiger partial charge in [-0.25, -0.2) is 4.99 Å². The number of alkyl halides is 3. The van der Waals surface area contributed by atoms with Crippen LogP contribution in [0.25, 0.3) is 0 Å². The van der Waals surface area contributed by atoms with Gasteiger partial charge in [0.05, 0.1) is 11.4 Å². The second-order valence-electron chi connectivity index (χ2n) is 4.74. The smallest absolute Gasteiger partial charge is 0.449 e. The third kappa shape index (κ3) is 4.07. The zero-order valence-corrected chi connectivity index (χ0v) is 12.9. The average molecular weight is 328 g/mol. The van der Waals surface area contributed by atoms with E-state index in [1.54, 1.807) is 0 Å². The predicted octanol–water partition coefficient (Wildman–Crippen LogP) is 4.79. The molecule has 1 heterocycles. The summed E-state index contributed by atoms with van der Waals surface area (Å²) in [6.45, 7) is 3.85. The third-order valence-electron chi connectivity index (χ3n) is 2.96. The highest BCUT2D eigenvalue weighted by molar-refractivity contribution is 8.13. The Hall–Kier alpha value is -1.89. The molecule has 0 atom stereocenters. The maximum absolute atomic E-state index is 12.4. The number of thioether (sulfide) groups is 1. The van der Waals surface area contributed by atoms with E-state index >= 15 is 0 Å². The second-order valence-corrected chi connectivity index (χ2v) is 5.74. The SMILES string of the molecule is Cc1cccc(C)c1N=C(N)SCc1ccc(C(F)(F)F)o1. The van der Waals surface area contributed by atoms with E-state index in [-0.39, 0.29) is 16.7 Å². The van der Waals surface area contributed by atoms with Crippen molar-refractivity contribution in [3.63, 3.8) is 0 Å². The van der Waals surface area contributed by atoms with Gasteiger partial charge in [0.1, 0.15) is 5.76 Å². The zero-order chi connectivity index (χ0) is 16.3. The molecule has 2 N–H and O–H groups in total. The fourth-order valence-electron chi connectivity index (χ4n) is 1.88. The Balaban J connectivity index is 2.05. The van der Waals surface area contributed by atoms with Gasteiger partial charge in [0.2, 0.25) is 5.76 Å². The number of amidine groups is 1. The summed E-state index contributed by atoms with van der Waals surface area (Å²) in [5, 5.41) is 0.280. The Morgan fingerprint density at radius 3 is 2.36 bits per heavy atom. The molecule has 0 radical (unpaired) electrons. The van der Waals surface area contributed by atoms with Crippen LogP contribution in [0.15, 0.2) is 39.7 Å². The summed E-state index contributed by atoms with van der Waals surface area (Å²) < 4.78 is 42.0. The van der Waals surface area contributed by atoms with Gasteiger partial charge in [-0.05, 0) is 37.1 Å². The lowest BCUT2D eigenvalue weighted by molar-refractivity contribution is -0.153. The third-order valence-corrected chi connectivity index (χ3v) is 3.78. The number of furan rings is 1. The van der Waals surface area contributed by atoms with Crippen molar-refractivity contribution in [1.82, 2.24) is 0 Å². The fourth-order valence-corrected chi connectivity index (χ4v) is 2.48. The molecule has 3 nitrogen and oxygen atoms in total. The van der Waals surface area contributed by atoms with Crippen LogP contribution >= 0.6 is 11.8 Å². The van der Waals surface area contributed by atoms with Crippen molar-refractivity contribution < 1.29 is 17.6 Å². The van der Waals surface area contributed by atoms with E-state index in [0.29, 0.717) is 0 Å². The van der Waals surface area contributed by atoms with E-state index in [1.165, 1.54) is 6.07 Å². The van der Waals surface area contributed by atoms with Crippen LogP contribution < -0.4 is 5.73 Å². The van der Waals surface area contributed by atoms with Gasteiger partial charge in [0.15, 0.2) is 5.17 Å². The monoisotopic (exact) mass is 328 g/mol. The molecule has 0 aliphatic carbocycles. The van der Waals surface area contributed by atoms with Crippen LogP contribution in [-0.4, -0.2) is 5.17 Å². The van der Waals surface area contributed by atoms with Gasteiger partial charge in [-0.15, -0.1) is 0 Å². The lowest BCUT2D eigenvalue weighted by Gasteiger charge is -2.06. The molecule has 0 unspecified atom stereocenters. The number of hydrogen-bond acceptors (Lipinski definition) is 3. The fraction of sp³-hybridized carbons (Fsp3) is 0.267. The molecule has 0 aliphatic heterocycles. The molecule has 1 aromatic heterocycles. The number of halogens is 3. The number of para-hydroxylation sites is 1. The molecule has 2 aromatic rings. The second kappa shape index (κ2) is 6.48. The van der Waals surface area contributed by atoms with Crippen molar-refractivity contribution in [2.24, 2.45) is 10.7 Å². The first-order valence-corrected chi connectivity index (χ1v) is 7.45. The molecule has 118 valence electrons. The summed E-state index contributed by atoms with van der Waals surface area (Å²) in [6, 6.07) is 7.98. The van der Waals surface area contributed by atoms with Crippen LogP contribution in [0.4, 0.5) is 18.9 Å². The van der Waals surface area contributed by atoms with Crippen LogP contribution in [0.5, 0.6) is 0 Å². The summed E-state index contributed by atoms with van der Waals surface area (Å²) in [5.74, 6) is -0.610. The molecule has 0 fully saturated rings. The largest absolute Gasteiger partial charge is 0.456 e. The molecular weight excluding hydrogens is 313 g/mol. The summed E-state index contributed by atoms with van der Waals surface area (Å²) in [6.07, 6.45) is -4.47. The van der Waals surface area contributed by atoms with Crippen molar-refractivity contribution in [3.8, 4) is 0 Å². The lowest BCUT2D eigenvalue weighted by Crippen LogP contribution is -2.06. The van der Waals surface area contributed by atoms with Gasteiger partial charge in [-0.1, -0.05) is 30.0 Å². The van der Waals surface area contributed by atoms with Crippen LogP contribution in [0, 0.1) is 13.8 Å². The molecule has 0 aliphatic rings. The molecule has 0 saturated carbocycles. The summed E-state index contributed by atoms with van der Waals surface area (Å²) in [5.41, 5.74) is 8.59. The van der Waals surface area contributed by atoms with Gasteiger partial charge in [-0.2, -0.15) is 13.2 Å². The Kier molecular flexibility index (Phi) is 4.85. The van der Waals surface area contributed by atoms with Crippen LogP contribution in [0.2, 0.25) is 0 Å².